The van der Waals surface area contributed by atoms with Crippen LogP contribution in [0.2, 0.25) is 0 Å². The fourth-order valence-electron chi connectivity index (χ4n) is 5.49. The van der Waals surface area contributed by atoms with Crippen molar-refractivity contribution in [2.45, 2.75) is 193 Å². The van der Waals surface area contributed by atoms with Crippen molar-refractivity contribution in [3.05, 3.63) is 24.3 Å². The molecule has 9 nitrogen and oxygen atoms in total. The van der Waals surface area contributed by atoms with Gasteiger partial charge in [-0.1, -0.05) is 134 Å². The number of unbranched alkanes of at least 4 members (excludes halogenated alkanes) is 21. The zero-order valence-corrected chi connectivity index (χ0v) is 33.0. The molecule has 0 aliphatic carbocycles. The lowest BCUT2D eigenvalue weighted by Gasteiger charge is -2.15. The van der Waals surface area contributed by atoms with E-state index < -0.39 is 26.5 Å². The molecule has 0 spiro atoms. The molecule has 2 atom stereocenters. The predicted octanol–water partition coefficient (Wildman–Crippen LogP) is 10.8. The van der Waals surface area contributed by atoms with Crippen LogP contribution in [0.15, 0.2) is 24.3 Å². The van der Waals surface area contributed by atoms with Crippen LogP contribution in [0, 0.1) is 0 Å². The minimum atomic E-state index is -4.41. The topological polar surface area (TPSA) is 131 Å². The number of nitrogens with one attached hydrogen (secondary N) is 1. The Labute approximate surface area is 306 Å². The summed E-state index contributed by atoms with van der Waals surface area (Å²) in [6, 6.07) is 0. The Morgan fingerprint density at radius 1 is 0.600 bits per heavy atom. The van der Waals surface area contributed by atoms with E-state index in [1.165, 1.54) is 89.9 Å². The van der Waals surface area contributed by atoms with Gasteiger partial charge in [0, 0.05) is 19.4 Å². The van der Waals surface area contributed by atoms with E-state index in [1.807, 2.05) is 0 Å². The molecule has 50 heavy (non-hydrogen) atoms. The number of hydrogen-bond acceptors (Lipinski definition) is 7. The highest BCUT2D eigenvalue weighted by Gasteiger charge is 2.23. The Morgan fingerprint density at radius 3 is 1.50 bits per heavy atom. The molecule has 0 aliphatic rings. The molecule has 0 rings (SSSR count). The van der Waals surface area contributed by atoms with Gasteiger partial charge in [0.2, 0.25) is 5.91 Å². The predicted molar refractivity (Wildman–Crippen MR) is 206 cm³/mol. The molecule has 2 unspecified atom stereocenters. The lowest BCUT2D eigenvalue weighted by atomic mass is 10.1. The highest BCUT2D eigenvalue weighted by atomic mass is 31.2. The molecular formula is C40H76NO8P. The molecule has 0 bridgehead atoms. The van der Waals surface area contributed by atoms with Crippen LogP contribution in [0.4, 0.5) is 0 Å². The van der Waals surface area contributed by atoms with Crippen molar-refractivity contribution < 1.29 is 37.9 Å². The normalized spacial score (nSPS) is 13.6. The summed E-state index contributed by atoms with van der Waals surface area (Å²) in [6.45, 7) is 3.52. The number of hydrogen-bond donors (Lipinski definition) is 3. The van der Waals surface area contributed by atoms with Gasteiger partial charge in [-0.2, -0.15) is 0 Å². The third-order valence-electron chi connectivity index (χ3n) is 8.60. The summed E-state index contributed by atoms with van der Waals surface area (Å²) in [5.74, 6) is -0.532. The summed E-state index contributed by atoms with van der Waals surface area (Å²) in [4.78, 5) is 33.8. The first-order chi connectivity index (χ1) is 24.3. The van der Waals surface area contributed by atoms with Crippen LogP contribution in [0.1, 0.15) is 187 Å². The van der Waals surface area contributed by atoms with Crippen molar-refractivity contribution in [2.24, 2.45) is 0 Å². The molecule has 3 N–H and O–H groups in total. The maximum absolute atomic E-state index is 12.1. The first-order valence-electron chi connectivity index (χ1n) is 20.3. The Bertz CT molecular complexity index is 881. The van der Waals surface area contributed by atoms with E-state index in [1.54, 1.807) is 0 Å². The van der Waals surface area contributed by atoms with Gasteiger partial charge in [-0.3, -0.25) is 18.6 Å². The Balaban J connectivity index is 3.63. The van der Waals surface area contributed by atoms with Gasteiger partial charge in [-0.25, -0.2) is 4.57 Å². The van der Waals surface area contributed by atoms with Crippen molar-refractivity contribution in [2.75, 3.05) is 26.4 Å². The van der Waals surface area contributed by atoms with Crippen LogP contribution in [0.5, 0.6) is 0 Å². The van der Waals surface area contributed by atoms with E-state index in [0.717, 1.165) is 70.6 Å². The zero-order valence-electron chi connectivity index (χ0n) is 32.1. The number of phosphoric ester groups is 1. The molecule has 0 aromatic heterocycles. The number of amides is 1. The van der Waals surface area contributed by atoms with Crippen molar-refractivity contribution >= 4 is 19.7 Å². The molecule has 294 valence electrons. The van der Waals surface area contributed by atoms with Crippen LogP contribution in [0.25, 0.3) is 0 Å². The molecule has 0 aromatic carbocycles. The molecular weight excluding hydrogens is 653 g/mol. The number of allylic oxidation sites excluding steroid dienone is 4. The van der Waals surface area contributed by atoms with Gasteiger partial charge in [-0.05, 0) is 64.2 Å². The molecule has 0 saturated carbocycles. The Hall–Kier alpha value is -1.51. The lowest BCUT2D eigenvalue weighted by Crippen LogP contribution is -2.27. The van der Waals surface area contributed by atoms with Crippen molar-refractivity contribution in [1.29, 1.82) is 0 Å². The van der Waals surface area contributed by atoms with Crippen molar-refractivity contribution in [3.63, 3.8) is 0 Å². The fraction of sp³-hybridized carbons (Fsp3) is 0.850. The molecule has 0 radical (unpaired) electrons. The van der Waals surface area contributed by atoms with Gasteiger partial charge >= 0.3 is 13.8 Å². The maximum atomic E-state index is 12.1. The van der Waals surface area contributed by atoms with Crippen molar-refractivity contribution in [1.82, 2.24) is 5.32 Å². The summed E-state index contributed by atoms with van der Waals surface area (Å²) in [5.41, 5.74) is 0. The molecule has 0 fully saturated rings. The van der Waals surface area contributed by atoms with E-state index in [4.69, 9.17) is 13.8 Å². The smallest absolute Gasteiger partial charge is 0.463 e. The minimum absolute atomic E-state index is 0.0777. The summed E-state index contributed by atoms with van der Waals surface area (Å²) < 4.78 is 26.8. The van der Waals surface area contributed by atoms with Gasteiger partial charge in [0.05, 0.1) is 13.2 Å². The van der Waals surface area contributed by atoms with Crippen LogP contribution < -0.4 is 5.32 Å². The number of aliphatic hydroxyl groups excluding tert-OH is 1. The first-order valence-corrected chi connectivity index (χ1v) is 21.8. The largest absolute Gasteiger partial charge is 0.472 e. The van der Waals surface area contributed by atoms with Crippen LogP contribution in [-0.2, 0) is 27.9 Å². The van der Waals surface area contributed by atoms with Crippen LogP contribution in [-0.4, -0.2) is 54.3 Å². The van der Waals surface area contributed by atoms with Crippen LogP contribution in [0.3, 0.4) is 0 Å². The number of carbonyl (C=O) groups is 2. The molecule has 10 heteroatoms. The highest BCUT2D eigenvalue weighted by Crippen LogP contribution is 2.42. The van der Waals surface area contributed by atoms with Gasteiger partial charge < -0.3 is 20.1 Å². The number of phosphoric acid groups is 1. The average molecular weight is 730 g/mol. The van der Waals surface area contributed by atoms with Crippen LogP contribution >= 0.6 is 7.82 Å². The third-order valence-corrected chi connectivity index (χ3v) is 9.59. The van der Waals surface area contributed by atoms with Gasteiger partial charge in [0.25, 0.3) is 0 Å². The molecule has 0 aliphatic heterocycles. The highest BCUT2D eigenvalue weighted by molar-refractivity contribution is 7.47. The van der Waals surface area contributed by atoms with E-state index in [0.29, 0.717) is 6.42 Å². The lowest BCUT2D eigenvalue weighted by molar-refractivity contribution is -0.147. The first kappa shape index (κ1) is 48.5. The Morgan fingerprint density at radius 2 is 1.02 bits per heavy atom. The second-order valence-electron chi connectivity index (χ2n) is 13.6. The number of rotatable bonds is 38. The Kier molecular flexibility index (Phi) is 36.1. The second-order valence-corrected chi connectivity index (χ2v) is 15.1. The third kappa shape index (κ3) is 37.7. The van der Waals surface area contributed by atoms with E-state index in [9.17, 15) is 24.2 Å². The molecule has 0 saturated heterocycles. The van der Waals surface area contributed by atoms with Crippen molar-refractivity contribution in [3.8, 4) is 0 Å². The fourth-order valence-corrected chi connectivity index (χ4v) is 6.24. The van der Waals surface area contributed by atoms with Gasteiger partial charge in [0.1, 0.15) is 12.7 Å². The molecule has 0 aromatic rings. The number of ether oxygens (including phenoxy) is 1. The quantitative estimate of drug-likeness (QED) is 0.0248. The van der Waals surface area contributed by atoms with Gasteiger partial charge in [0.15, 0.2) is 0 Å². The summed E-state index contributed by atoms with van der Waals surface area (Å²) >= 11 is 0. The van der Waals surface area contributed by atoms with Gasteiger partial charge in [-0.15, -0.1) is 0 Å². The summed E-state index contributed by atoms with van der Waals surface area (Å²) in [5, 5.41) is 12.7. The minimum Gasteiger partial charge on any atom is -0.463 e. The molecule has 1 amide bonds. The summed E-state index contributed by atoms with van der Waals surface area (Å²) in [7, 11) is -4.41. The second kappa shape index (κ2) is 37.3. The monoisotopic (exact) mass is 730 g/mol. The average Bonchev–Trinajstić information content (AvgIpc) is 3.10. The maximum Gasteiger partial charge on any atom is 0.472 e. The number of aliphatic hydroxyl groups is 1. The van der Waals surface area contributed by atoms with E-state index >= 15 is 0 Å². The SMILES string of the molecule is CCCCCCC/C=C\CCCCCCCC(=O)OCC(O)COP(=O)(O)OCCNC(=O)CCCCCCC/C=C\CCCCCCCC. The van der Waals surface area contributed by atoms with E-state index in [-0.39, 0.29) is 32.1 Å². The zero-order chi connectivity index (χ0) is 36.8. The number of esters is 1. The number of carbonyl (C=O) groups excluding carboxylic acids is 2. The molecule has 0 heterocycles. The van der Waals surface area contributed by atoms with E-state index in [2.05, 4.69) is 43.5 Å². The summed E-state index contributed by atoms with van der Waals surface area (Å²) in [6.07, 6.45) is 38.2. The standard InChI is InChI=1S/C40H76NO8P/c1-3-5-7-9-11-13-15-17-19-20-22-24-26-28-30-32-39(43)41-34-35-48-50(45,46)49-37-38(42)36-47-40(44)33-31-29-27-25-23-21-18-16-14-12-10-8-6-4-2/h16-19,38,42H,3-15,20-37H2,1-2H3,(H,41,43)(H,45,46)/b18-16-,19-17-.